The number of benzene rings is 1. The van der Waals surface area contributed by atoms with Crippen LogP contribution in [0.15, 0.2) is 55.0 Å². The Kier molecular flexibility index (Phi) is 8.85. The van der Waals surface area contributed by atoms with E-state index in [1.54, 1.807) is 31.7 Å². The van der Waals surface area contributed by atoms with Crippen molar-refractivity contribution < 1.29 is 22.7 Å². The van der Waals surface area contributed by atoms with Gasteiger partial charge >= 0.3 is 6.09 Å². The number of hydrogen-bond donors (Lipinski definition) is 0. The highest BCUT2D eigenvalue weighted by atomic mass is 32.2. The van der Waals surface area contributed by atoms with Crippen molar-refractivity contribution in [3.8, 4) is 0 Å². The number of rotatable bonds is 8. The molecule has 172 valence electrons. The summed E-state index contributed by atoms with van der Waals surface area (Å²) in [6.07, 6.45) is 1.84. The quantitative estimate of drug-likeness (QED) is 0.563. The third-order valence-electron chi connectivity index (χ3n) is 4.87. The highest BCUT2D eigenvalue weighted by molar-refractivity contribution is 7.92. The predicted molar refractivity (Wildman–Crippen MR) is 122 cm³/mol. The number of sulfonamides is 1. The van der Waals surface area contributed by atoms with E-state index in [4.69, 9.17) is 9.47 Å². The molecule has 1 unspecified atom stereocenters. The van der Waals surface area contributed by atoms with E-state index in [0.717, 1.165) is 11.0 Å². The van der Waals surface area contributed by atoms with Crippen LogP contribution in [-0.4, -0.2) is 61.6 Å². The van der Waals surface area contributed by atoms with E-state index >= 15 is 0 Å². The molecular weight excluding hydrogens is 416 g/mol. The van der Waals surface area contributed by atoms with Crippen molar-refractivity contribution in [2.75, 3.05) is 26.2 Å². The van der Waals surface area contributed by atoms with Gasteiger partial charge in [-0.2, -0.15) is 4.31 Å². The van der Waals surface area contributed by atoms with E-state index in [1.165, 1.54) is 4.31 Å². The van der Waals surface area contributed by atoms with Crippen molar-refractivity contribution in [3.63, 3.8) is 0 Å². The van der Waals surface area contributed by atoms with E-state index in [0.29, 0.717) is 19.6 Å². The van der Waals surface area contributed by atoms with E-state index < -0.39 is 27.8 Å². The monoisotopic (exact) mass is 450 g/mol. The number of nitrogens with zero attached hydrogens (tertiary/aromatic N) is 2. The fourth-order valence-corrected chi connectivity index (χ4v) is 4.64. The van der Waals surface area contributed by atoms with Crippen LogP contribution in [0.5, 0.6) is 0 Å². The summed E-state index contributed by atoms with van der Waals surface area (Å²) >= 11 is 0. The molecule has 0 bridgehead atoms. The van der Waals surface area contributed by atoms with Crippen molar-refractivity contribution in [3.05, 3.63) is 60.5 Å². The van der Waals surface area contributed by atoms with Gasteiger partial charge in [-0.25, -0.2) is 13.2 Å². The third-order valence-corrected chi connectivity index (χ3v) is 6.39. The number of allylic oxidation sites excluding steroid dienone is 1. The van der Waals surface area contributed by atoms with Gasteiger partial charge in [-0.1, -0.05) is 43.0 Å². The van der Waals surface area contributed by atoms with Crippen LogP contribution in [0.2, 0.25) is 0 Å². The summed E-state index contributed by atoms with van der Waals surface area (Å²) in [7, 11) is -3.72. The maximum Gasteiger partial charge on any atom is 0.410 e. The minimum absolute atomic E-state index is 0.112. The average molecular weight is 451 g/mol. The molecule has 1 aromatic rings. The van der Waals surface area contributed by atoms with Crippen LogP contribution in [0.25, 0.3) is 0 Å². The zero-order valence-corrected chi connectivity index (χ0v) is 19.5. The molecule has 31 heavy (non-hydrogen) atoms. The number of carbonyl (C=O) groups excluding carboxylic acids is 1. The predicted octanol–water partition coefficient (Wildman–Crippen LogP) is 3.79. The Labute approximate surface area is 186 Å². The summed E-state index contributed by atoms with van der Waals surface area (Å²) in [4.78, 5) is 14.4. The standard InChI is InChI=1S/C23H34N2O5S/c1-6-11-20-14-24(22(26)30-23(3,4)5)16-21(25(15-20)31(27,28)7-2)18-29-17-19-12-9-8-10-13-19/h6-10,12-13,20-21H,1-2,11,14-18H2,3-5H3/t20?,21-/m1/s1. The Balaban J connectivity index is 2.26. The Hall–Kier alpha value is -2.16. The maximum atomic E-state index is 12.8. The number of hydrogen-bond acceptors (Lipinski definition) is 5. The van der Waals surface area contributed by atoms with E-state index in [1.807, 2.05) is 30.3 Å². The van der Waals surface area contributed by atoms with Gasteiger partial charge in [0.25, 0.3) is 0 Å². The van der Waals surface area contributed by atoms with Crippen LogP contribution < -0.4 is 0 Å². The van der Waals surface area contributed by atoms with Gasteiger partial charge in [0.05, 0.1) is 19.3 Å². The molecule has 0 spiro atoms. The molecule has 1 aliphatic heterocycles. The minimum atomic E-state index is -3.72. The molecule has 1 aromatic carbocycles. The smallest absolute Gasteiger partial charge is 0.410 e. The molecule has 8 heteroatoms. The lowest BCUT2D eigenvalue weighted by atomic mass is 10.1. The Morgan fingerprint density at radius 2 is 1.84 bits per heavy atom. The van der Waals surface area contributed by atoms with Gasteiger partial charge in [-0.15, -0.1) is 6.58 Å². The van der Waals surface area contributed by atoms with Gasteiger partial charge in [-0.3, -0.25) is 0 Å². The third kappa shape index (κ3) is 7.79. The van der Waals surface area contributed by atoms with Gasteiger partial charge in [0.2, 0.25) is 10.0 Å². The van der Waals surface area contributed by atoms with Crippen molar-refractivity contribution in [2.24, 2.45) is 5.92 Å². The van der Waals surface area contributed by atoms with Crippen LogP contribution in [-0.2, 0) is 26.1 Å². The molecule has 0 saturated carbocycles. The van der Waals surface area contributed by atoms with Crippen molar-refractivity contribution in [1.82, 2.24) is 9.21 Å². The second kappa shape index (κ2) is 10.9. The molecular formula is C23H34N2O5S. The first-order valence-corrected chi connectivity index (χ1v) is 11.9. The molecule has 0 N–H and O–H groups in total. The fourth-order valence-electron chi connectivity index (χ4n) is 3.48. The molecule has 1 heterocycles. The zero-order valence-electron chi connectivity index (χ0n) is 18.7. The van der Waals surface area contributed by atoms with Crippen molar-refractivity contribution in [2.45, 2.75) is 45.4 Å². The summed E-state index contributed by atoms with van der Waals surface area (Å²) in [5.41, 5.74) is 0.339. The van der Waals surface area contributed by atoms with Gasteiger partial charge < -0.3 is 14.4 Å². The summed E-state index contributed by atoms with van der Waals surface area (Å²) in [5.74, 6) is -0.112. The van der Waals surface area contributed by atoms with Crippen LogP contribution in [0.1, 0.15) is 32.8 Å². The summed E-state index contributed by atoms with van der Waals surface area (Å²) in [6, 6.07) is 9.09. The Morgan fingerprint density at radius 3 is 2.42 bits per heavy atom. The summed E-state index contributed by atoms with van der Waals surface area (Å²) < 4.78 is 38.4. The van der Waals surface area contributed by atoms with E-state index in [9.17, 15) is 13.2 Å². The average Bonchev–Trinajstić information content (AvgIpc) is 2.88. The number of ether oxygens (including phenoxy) is 2. The second-order valence-electron chi connectivity index (χ2n) is 8.71. The lowest BCUT2D eigenvalue weighted by Crippen LogP contribution is -2.48. The second-order valence-corrected chi connectivity index (χ2v) is 10.5. The highest BCUT2D eigenvalue weighted by Gasteiger charge is 2.38. The Bertz CT molecular complexity index is 848. The molecule has 2 atom stereocenters. The molecule has 1 saturated heterocycles. The van der Waals surface area contributed by atoms with Crippen LogP contribution >= 0.6 is 0 Å². The Morgan fingerprint density at radius 1 is 1.16 bits per heavy atom. The first kappa shape index (κ1) is 25.1. The van der Waals surface area contributed by atoms with Gasteiger partial charge in [-0.05, 0) is 38.7 Å². The first-order chi connectivity index (χ1) is 14.6. The molecule has 1 amide bonds. The lowest BCUT2D eigenvalue weighted by molar-refractivity contribution is 0.0178. The zero-order chi connectivity index (χ0) is 23.1. The molecule has 0 aromatic heterocycles. The van der Waals surface area contributed by atoms with Crippen LogP contribution in [0.4, 0.5) is 4.79 Å². The molecule has 7 nitrogen and oxygen atoms in total. The summed E-state index contributed by atoms with van der Waals surface area (Å²) in [6.45, 7) is 14.0. The first-order valence-electron chi connectivity index (χ1n) is 10.4. The van der Waals surface area contributed by atoms with E-state index in [-0.39, 0.29) is 25.6 Å². The van der Waals surface area contributed by atoms with Crippen molar-refractivity contribution in [1.29, 1.82) is 0 Å². The minimum Gasteiger partial charge on any atom is -0.444 e. The fraction of sp³-hybridized carbons (Fsp3) is 0.522. The van der Waals surface area contributed by atoms with Crippen molar-refractivity contribution >= 4 is 16.1 Å². The van der Waals surface area contributed by atoms with Gasteiger partial charge in [0.1, 0.15) is 5.60 Å². The normalized spacial score (nSPS) is 20.7. The molecule has 0 radical (unpaired) electrons. The summed E-state index contributed by atoms with van der Waals surface area (Å²) in [5, 5.41) is 0.950. The SMILES string of the molecule is C=CCC1CN(C(=O)OC(C)(C)C)C[C@H](COCc2ccccc2)N(S(=O)(=O)C=C)C1. The van der Waals surface area contributed by atoms with E-state index in [2.05, 4.69) is 13.2 Å². The lowest BCUT2D eigenvalue weighted by Gasteiger charge is -2.31. The maximum absolute atomic E-state index is 12.8. The van der Waals surface area contributed by atoms with Crippen LogP contribution in [0, 0.1) is 5.92 Å². The van der Waals surface area contributed by atoms with Crippen LogP contribution in [0.3, 0.4) is 0 Å². The number of amides is 1. The van der Waals surface area contributed by atoms with Gasteiger partial charge in [0, 0.05) is 25.0 Å². The number of carbonyl (C=O) groups is 1. The largest absolute Gasteiger partial charge is 0.444 e. The highest BCUT2D eigenvalue weighted by Crippen LogP contribution is 2.23. The molecule has 2 rings (SSSR count). The topological polar surface area (TPSA) is 76.2 Å². The molecule has 1 aliphatic rings. The van der Waals surface area contributed by atoms with Gasteiger partial charge in [0.15, 0.2) is 0 Å². The molecule has 0 aliphatic carbocycles. The molecule has 1 fully saturated rings.